The van der Waals surface area contributed by atoms with Crippen LogP contribution in [0.3, 0.4) is 0 Å². The fourth-order valence-corrected chi connectivity index (χ4v) is 1.95. The van der Waals surface area contributed by atoms with E-state index in [1.165, 1.54) is 0 Å². The molecule has 1 aromatic carbocycles. The third-order valence-corrected chi connectivity index (χ3v) is 3.41. The first-order valence-corrected chi connectivity index (χ1v) is 6.66. The Hall–Kier alpha value is -1.66. The van der Waals surface area contributed by atoms with E-state index in [1.807, 2.05) is 30.3 Å². The van der Waals surface area contributed by atoms with E-state index in [9.17, 15) is 0 Å². The lowest BCUT2D eigenvalue weighted by atomic mass is 10.2. The summed E-state index contributed by atoms with van der Waals surface area (Å²) in [6.07, 6.45) is 1.64. The van der Waals surface area contributed by atoms with Crippen LogP contribution < -0.4 is 15.8 Å². The molecule has 0 spiro atoms. The molecule has 0 aliphatic heterocycles. The maximum Gasteiger partial charge on any atom is 0.130 e. The largest absolute Gasteiger partial charge is 0.497 e. The molecule has 19 heavy (non-hydrogen) atoms. The number of thiocarbonyl (C=S) groups is 1. The maximum absolute atomic E-state index is 5.53. The van der Waals surface area contributed by atoms with Gasteiger partial charge < -0.3 is 15.8 Å². The first-order chi connectivity index (χ1) is 9.10. The lowest BCUT2D eigenvalue weighted by Gasteiger charge is -2.10. The minimum absolute atomic E-state index is 0.335. The molecule has 0 amide bonds. The van der Waals surface area contributed by atoms with Gasteiger partial charge in [-0.1, -0.05) is 12.2 Å². The molecule has 0 bridgehead atoms. The number of nitrogens with two attached hydrogens (primary N) is 1. The highest BCUT2D eigenvalue weighted by Crippen LogP contribution is 2.29. The minimum Gasteiger partial charge on any atom is -0.497 e. The number of ether oxygens (including phenoxy) is 1. The van der Waals surface area contributed by atoms with Gasteiger partial charge in [0.1, 0.15) is 16.6 Å². The van der Waals surface area contributed by atoms with Crippen molar-refractivity contribution in [2.24, 2.45) is 5.73 Å². The van der Waals surface area contributed by atoms with Crippen molar-refractivity contribution in [3.05, 3.63) is 46.6 Å². The number of hydrogen-bond donors (Lipinski definition) is 2. The van der Waals surface area contributed by atoms with Crippen molar-refractivity contribution < 1.29 is 4.74 Å². The summed E-state index contributed by atoms with van der Waals surface area (Å²) in [5.74, 6) is 1.47. The van der Waals surface area contributed by atoms with E-state index < -0.39 is 0 Å². The predicted octanol–water partition coefficient (Wildman–Crippen LogP) is 3.23. The van der Waals surface area contributed by atoms with E-state index >= 15 is 0 Å². The van der Waals surface area contributed by atoms with Crippen LogP contribution >= 0.6 is 28.1 Å². The fourth-order valence-electron chi connectivity index (χ4n) is 1.48. The van der Waals surface area contributed by atoms with Crippen LogP contribution in [0.2, 0.25) is 0 Å². The van der Waals surface area contributed by atoms with Crippen molar-refractivity contribution in [3.8, 4) is 5.75 Å². The molecule has 0 aliphatic carbocycles. The number of halogens is 1. The minimum atomic E-state index is 0.335. The molecule has 3 N–H and O–H groups in total. The van der Waals surface area contributed by atoms with Gasteiger partial charge in [0, 0.05) is 22.3 Å². The number of aromatic nitrogens is 1. The average molecular weight is 338 g/mol. The SMILES string of the molecule is COc1ccc(Br)c(Nc2ccc(C(N)=S)cn2)c1. The van der Waals surface area contributed by atoms with Crippen LogP contribution in [0.25, 0.3) is 0 Å². The van der Waals surface area contributed by atoms with E-state index in [1.54, 1.807) is 13.3 Å². The zero-order chi connectivity index (χ0) is 13.8. The summed E-state index contributed by atoms with van der Waals surface area (Å²) in [4.78, 5) is 4.59. The molecule has 0 atom stereocenters. The van der Waals surface area contributed by atoms with Crippen molar-refractivity contribution in [1.82, 2.24) is 4.98 Å². The molecule has 2 aromatic rings. The van der Waals surface area contributed by atoms with Gasteiger partial charge in [-0.2, -0.15) is 0 Å². The second-order valence-electron chi connectivity index (χ2n) is 3.77. The van der Waals surface area contributed by atoms with Crippen molar-refractivity contribution in [2.45, 2.75) is 0 Å². The summed E-state index contributed by atoms with van der Waals surface area (Å²) in [5.41, 5.74) is 7.14. The Kier molecular flexibility index (Phi) is 4.34. The number of anilines is 2. The summed E-state index contributed by atoms with van der Waals surface area (Å²) >= 11 is 8.35. The van der Waals surface area contributed by atoms with Crippen LogP contribution in [-0.2, 0) is 0 Å². The highest BCUT2D eigenvalue weighted by molar-refractivity contribution is 9.10. The normalized spacial score (nSPS) is 10.0. The lowest BCUT2D eigenvalue weighted by Crippen LogP contribution is -2.09. The Balaban J connectivity index is 2.23. The predicted molar refractivity (Wildman–Crippen MR) is 84.1 cm³/mol. The lowest BCUT2D eigenvalue weighted by molar-refractivity contribution is 0.415. The van der Waals surface area contributed by atoms with Crippen molar-refractivity contribution in [2.75, 3.05) is 12.4 Å². The maximum atomic E-state index is 5.53. The monoisotopic (exact) mass is 337 g/mol. The summed E-state index contributed by atoms with van der Waals surface area (Å²) < 4.78 is 6.11. The van der Waals surface area contributed by atoms with E-state index in [4.69, 9.17) is 22.7 Å². The smallest absolute Gasteiger partial charge is 0.130 e. The van der Waals surface area contributed by atoms with Gasteiger partial charge in [0.25, 0.3) is 0 Å². The Morgan fingerprint density at radius 3 is 2.74 bits per heavy atom. The zero-order valence-corrected chi connectivity index (χ0v) is 12.6. The van der Waals surface area contributed by atoms with Crippen LogP contribution in [-0.4, -0.2) is 17.1 Å². The van der Waals surface area contributed by atoms with E-state index in [0.29, 0.717) is 10.8 Å². The van der Waals surface area contributed by atoms with Gasteiger partial charge in [-0.15, -0.1) is 0 Å². The quantitative estimate of drug-likeness (QED) is 0.838. The van der Waals surface area contributed by atoms with Crippen molar-refractivity contribution in [1.29, 1.82) is 0 Å². The van der Waals surface area contributed by atoms with Crippen LogP contribution in [0.15, 0.2) is 41.0 Å². The molecule has 0 fully saturated rings. The van der Waals surface area contributed by atoms with Crippen LogP contribution in [0.1, 0.15) is 5.56 Å². The van der Waals surface area contributed by atoms with Crippen molar-refractivity contribution >= 4 is 44.6 Å². The van der Waals surface area contributed by atoms with Crippen molar-refractivity contribution in [3.63, 3.8) is 0 Å². The first-order valence-electron chi connectivity index (χ1n) is 5.46. The summed E-state index contributed by atoms with van der Waals surface area (Å²) in [6.45, 7) is 0. The van der Waals surface area contributed by atoms with E-state index in [0.717, 1.165) is 21.5 Å². The second-order valence-corrected chi connectivity index (χ2v) is 5.06. The molecule has 98 valence electrons. The summed E-state index contributed by atoms with van der Waals surface area (Å²) in [7, 11) is 1.63. The Bertz CT molecular complexity index is 601. The Morgan fingerprint density at radius 1 is 1.37 bits per heavy atom. The van der Waals surface area contributed by atoms with Gasteiger partial charge in [0.05, 0.1) is 12.8 Å². The third-order valence-electron chi connectivity index (χ3n) is 2.48. The van der Waals surface area contributed by atoms with Gasteiger partial charge in [-0.25, -0.2) is 4.98 Å². The van der Waals surface area contributed by atoms with E-state index in [2.05, 4.69) is 26.2 Å². The van der Waals surface area contributed by atoms with E-state index in [-0.39, 0.29) is 0 Å². The summed E-state index contributed by atoms with van der Waals surface area (Å²) in [6, 6.07) is 9.31. The average Bonchev–Trinajstić information content (AvgIpc) is 2.42. The molecule has 0 saturated carbocycles. The van der Waals surface area contributed by atoms with Gasteiger partial charge in [-0.05, 0) is 40.2 Å². The molecule has 0 saturated heterocycles. The number of hydrogen-bond acceptors (Lipinski definition) is 4. The number of methoxy groups -OCH3 is 1. The second kappa shape index (κ2) is 5.99. The highest BCUT2D eigenvalue weighted by Gasteiger charge is 2.04. The zero-order valence-electron chi connectivity index (χ0n) is 10.2. The Labute approximate surface area is 125 Å². The van der Waals surface area contributed by atoms with Gasteiger partial charge in [-0.3, -0.25) is 0 Å². The fraction of sp³-hybridized carbons (Fsp3) is 0.0769. The standard InChI is InChI=1S/C13H12BrN3OS/c1-18-9-3-4-10(14)11(6-9)17-12-5-2-8(7-16-12)13(15)19/h2-7H,1H3,(H2,15,19)(H,16,17). The number of nitrogens with zero attached hydrogens (tertiary/aromatic N) is 1. The van der Waals surface area contributed by atoms with Crippen LogP contribution in [0.5, 0.6) is 5.75 Å². The molecule has 0 aliphatic rings. The number of rotatable bonds is 4. The summed E-state index contributed by atoms with van der Waals surface area (Å²) in [5, 5.41) is 3.19. The third kappa shape index (κ3) is 3.42. The molecular weight excluding hydrogens is 326 g/mol. The molecule has 4 nitrogen and oxygen atoms in total. The Morgan fingerprint density at radius 2 is 2.16 bits per heavy atom. The molecule has 6 heteroatoms. The number of benzene rings is 1. The molecule has 0 unspecified atom stereocenters. The molecule has 1 heterocycles. The number of nitrogens with one attached hydrogen (secondary N) is 1. The molecule has 2 rings (SSSR count). The first kappa shape index (κ1) is 13.8. The number of pyridine rings is 1. The molecule has 1 aromatic heterocycles. The highest BCUT2D eigenvalue weighted by atomic mass is 79.9. The van der Waals surface area contributed by atoms with Crippen LogP contribution in [0, 0.1) is 0 Å². The topological polar surface area (TPSA) is 60.2 Å². The van der Waals surface area contributed by atoms with Gasteiger partial charge >= 0.3 is 0 Å². The molecular formula is C13H12BrN3OS. The van der Waals surface area contributed by atoms with Gasteiger partial charge in [0.2, 0.25) is 0 Å². The molecule has 0 radical (unpaired) electrons. The van der Waals surface area contributed by atoms with Crippen LogP contribution in [0.4, 0.5) is 11.5 Å². The van der Waals surface area contributed by atoms with Gasteiger partial charge in [0.15, 0.2) is 0 Å².